The topological polar surface area (TPSA) is 24.1 Å². The molecule has 2 N–H and O–H groups in total. The van der Waals surface area contributed by atoms with Gasteiger partial charge in [-0.3, -0.25) is 0 Å². The van der Waals surface area contributed by atoms with Crippen molar-refractivity contribution in [2.24, 2.45) is 0 Å². The molecule has 94 valence electrons. The van der Waals surface area contributed by atoms with E-state index in [9.17, 15) is 0 Å². The van der Waals surface area contributed by atoms with E-state index in [0.29, 0.717) is 12.0 Å². The van der Waals surface area contributed by atoms with Gasteiger partial charge in [0.15, 0.2) is 0 Å². The van der Waals surface area contributed by atoms with Crippen LogP contribution in [0, 0.1) is 0 Å². The SMILES string of the molecule is CC(C)c1ccc(NC2CCCNCC2)cc1. The van der Waals surface area contributed by atoms with Crippen LogP contribution in [-0.4, -0.2) is 19.1 Å². The zero-order valence-electron chi connectivity index (χ0n) is 11.0. The lowest BCUT2D eigenvalue weighted by atomic mass is 10.0. The molecule has 1 heterocycles. The molecule has 1 aromatic rings. The molecule has 0 saturated carbocycles. The molecule has 1 aliphatic heterocycles. The summed E-state index contributed by atoms with van der Waals surface area (Å²) >= 11 is 0. The average molecular weight is 232 g/mol. The Morgan fingerprint density at radius 3 is 2.59 bits per heavy atom. The van der Waals surface area contributed by atoms with Crippen LogP contribution in [0.1, 0.15) is 44.6 Å². The molecule has 1 aromatic carbocycles. The molecule has 2 nitrogen and oxygen atoms in total. The Bertz CT molecular complexity index is 321. The Kier molecular flexibility index (Phi) is 4.43. The second kappa shape index (κ2) is 6.06. The normalized spacial score (nSPS) is 21.2. The van der Waals surface area contributed by atoms with Crippen molar-refractivity contribution < 1.29 is 0 Å². The maximum atomic E-state index is 3.65. The number of hydrogen-bond acceptors (Lipinski definition) is 2. The first kappa shape index (κ1) is 12.4. The van der Waals surface area contributed by atoms with Gasteiger partial charge in [-0.15, -0.1) is 0 Å². The Hall–Kier alpha value is -1.02. The van der Waals surface area contributed by atoms with E-state index in [1.807, 2.05) is 0 Å². The van der Waals surface area contributed by atoms with E-state index in [1.165, 1.54) is 37.1 Å². The fourth-order valence-electron chi connectivity index (χ4n) is 2.36. The average Bonchev–Trinajstić information content (AvgIpc) is 2.58. The lowest BCUT2D eigenvalue weighted by Gasteiger charge is -2.18. The van der Waals surface area contributed by atoms with Crippen LogP contribution in [0.25, 0.3) is 0 Å². The Morgan fingerprint density at radius 1 is 1.12 bits per heavy atom. The molecule has 1 atom stereocenters. The summed E-state index contributed by atoms with van der Waals surface area (Å²) in [7, 11) is 0. The number of benzene rings is 1. The quantitative estimate of drug-likeness (QED) is 0.835. The van der Waals surface area contributed by atoms with Gasteiger partial charge in [-0.05, 0) is 56.0 Å². The molecule has 1 saturated heterocycles. The van der Waals surface area contributed by atoms with Crippen LogP contribution in [-0.2, 0) is 0 Å². The van der Waals surface area contributed by atoms with Crippen LogP contribution >= 0.6 is 0 Å². The molecule has 0 bridgehead atoms. The van der Waals surface area contributed by atoms with Crippen molar-refractivity contribution in [2.75, 3.05) is 18.4 Å². The number of nitrogens with one attached hydrogen (secondary N) is 2. The predicted octanol–water partition coefficient (Wildman–Crippen LogP) is 3.36. The highest BCUT2D eigenvalue weighted by Gasteiger charge is 2.11. The van der Waals surface area contributed by atoms with Gasteiger partial charge in [-0.1, -0.05) is 26.0 Å². The molecule has 1 aliphatic rings. The molecule has 0 amide bonds. The molecule has 1 unspecified atom stereocenters. The van der Waals surface area contributed by atoms with Crippen LogP contribution in [0.5, 0.6) is 0 Å². The summed E-state index contributed by atoms with van der Waals surface area (Å²) in [6, 6.07) is 9.54. The minimum atomic E-state index is 0.617. The van der Waals surface area contributed by atoms with Gasteiger partial charge < -0.3 is 10.6 Å². The van der Waals surface area contributed by atoms with Gasteiger partial charge >= 0.3 is 0 Å². The minimum absolute atomic E-state index is 0.617. The smallest absolute Gasteiger partial charge is 0.0342 e. The van der Waals surface area contributed by atoms with Gasteiger partial charge in [-0.2, -0.15) is 0 Å². The number of rotatable bonds is 3. The lowest BCUT2D eigenvalue weighted by molar-refractivity contribution is 0.637. The summed E-state index contributed by atoms with van der Waals surface area (Å²) < 4.78 is 0. The number of hydrogen-bond donors (Lipinski definition) is 2. The molecule has 0 aliphatic carbocycles. The van der Waals surface area contributed by atoms with Crippen molar-refractivity contribution in [1.82, 2.24) is 5.32 Å². The van der Waals surface area contributed by atoms with Crippen LogP contribution in [0.15, 0.2) is 24.3 Å². The van der Waals surface area contributed by atoms with Gasteiger partial charge in [0.2, 0.25) is 0 Å². The third kappa shape index (κ3) is 3.74. The van der Waals surface area contributed by atoms with E-state index >= 15 is 0 Å². The summed E-state index contributed by atoms with van der Waals surface area (Å²) in [5, 5.41) is 7.09. The third-order valence-corrected chi connectivity index (χ3v) is 3.52. The van der Waals surface area contributed by atoms with Crippen molar-refractivity contribution in [3.8, 4) is 0 Å². The lowest BCUT2D eigenvalue weighted by Crippen LogP contribution is -2.21. The summed E-state index contributed by atoms with van der Waals surface area (Å²) in [4.78, 5) is 0. The van der Waals surface area contributed by atoms with E-state index in [4.69, 9.17) is 0 Å². The fraction of sp³-hybridized carbons (Fsp3) is 0.600. The highest BCUT2D eigenvalue weighted by atomic mass is 14.9. The monoisotopic (exact) mass is 232 g/mol. The molecule has 2 heteroatoms. The van der Waals surface area contributed by atoms with Crippen molar-refractivity contribution in [3.05, 3.63) is 29.8 Å². The van der Waals surface area contributed by atoms with Crippen LogP contribution in [0.2, 0.25) is 0 Å². The largest absolute Gasteiger partial charge is 0.382 e. The Balaban J connectivity index is 1.93. The first-order valence-corrected chi connectivity index (χ1v) is 6.83. The van der Waals surface area contributed by atoms with E-state index in [1.54, 1.807) is 0 Å². The highest BCUT2D eigenvalue weighted by molar-refractivity contribution is 5.46. The molecule has 0 aromatic heterocycles. The summed E-state index contributed by atoms with van der Waals surface area (Å²) in [5.41, 5.74) is 2.68. The Labute approximate surface area is 105 Å². The third-order valence-electron chi connectivity index (χ3n) is 3.52. The predicted molar refractivity (Wildman–Crippen MR) is 74.7 cm³/mol. The summed E-state index contributed by atoms with van der Waals surface area (Å²) in [6.45, 7) is 6.78. The van der Waals surface area contributed by atoms with Crippen LogP contribution in [0.4, 0.5) is 5.69 Å². The van der Waals surface area contributed by atoms with Crippen molar-refractivity contribution in [3.63, 3.8) is 0 Å². The second-order valence-corrected chi connectivity index (χ2v) is 5.30. The first-order valence-electron chi connectivity index (χ1n) is 6.83. The molecule has 0 spiro atoms. The molecular weight excluding hydrogens is 208 g/mol. The van der Waals surface area contributed by atoms with Gasteiger partial charge in [0.25, 0.3) is 0 Å². The van der Waals surface area contributed by atoms with Crippen LogP contribution in [0.3, 0.4) is 0 Å². The maximum absolute atomic E-state index is 3.65. The van der Waals surface area contributed by atoms with Gasteiger partial charge in [0, 0.05) is 11.7 Å². The van der Waals surface area contributed by atoms with Gasteiger partial charge in [0.05, 0.1) is 0 Å². The molecule has 2 rings (SSSR count). The summed E-state index contributed by atoms with van der Waals surface area (Å²) in [6.07, 6.45) is 3.78. The van der Waals surface area contributed by atoms with E-state index in [-0.39, 0.29) is 0 Å². The zero-order valence-corrected chi connectivity index (χ0v) is 11.0. The zero-order chi connectivity index (χ0) is 12.1. The van der Waals surface area contributed by atoms with Gasteiger partial charge in [0.1, 0.15) is 0 Å². The molecule has 17 heavy (non-hydrogen) atoms. The van der Waals surface area contributed by atoms with E-state index in [2.05, 4.69) is 48.7 Å². The van der Waals surface area contributed by atoms with Crippen molar-refractivity contribution in [1.29, 1.82) is 0 Å². The van der Waals surface area contributed by atoms with Crippen molar-refractivity contribution >= 4 is 5.69 Å². The van der Waals surface area contributed by atoms with Crippen LogP contribution < -0.4 is 10.6 Å². The Morgan fingerprint density at radius 2 is 1.88 bits per heavy atom. The standard InChI is InChI=1S/C15H24N2/c1-12(2)13-5-7-15(8-6-13)17-14-4-3-10-16-11-9-14/h5-8,12,14,16-17H,3-4,9-11H2,1-2H3. The second-order valence-electron chi connectivity index (χ2n) is 5.30. The first-order chi connectivity index (χ1) is 8.25. The van der Waals surface area contributed by atoms with Crippen molar-refractivity contribution in [2.45, 2.75) is 45.1 Å². The fourth-order valence-corrected chi connectivity index (χ4v) is 2.36. The van der Waals surface area contributed by atoms with E-state index in [0.717, 1.165) is 6.54 Å². The van der Waals surface area contributed by atoms with E-state index < -0.39 is 0 Å². The molecular formula is C15H24N2. The molecule has 1 fully saturated rings. The minimum Gasteiger partial charge on any atom is -0.382 e. The number of anilines is 1. The highest BCUT2D eigenvalue weighted by Crippen LogP contribution is 2.19. The molecule has 0 radical (unpaired) electrons. The summed E-state index contributed by atoms with van der Waals surface area (Å²) in [5.74, 6) is 0.617. The maximum Gasteiger partial charge on any atom is 0.0342 e. The van der Waals surface area contributed by atoms with Gasteiger partial charge in [-0.25, -0.2) is 0 Å².